The number of carboxylic acid groups (broad SMARTS) is 1. The molecule has 1 N–H and O–H groups in total. The highest BCUT2D eigenvalue weighted by atomic mass is 79.9. The average Bonchev–Trinajstić information content (AvgIpc) is 2.64. The summed E-state index contributed by atoms with van der Waals surface area (Å²) in [6, 6.07) is 5.12. The molecule has 2 aromatic rings. The van der Waals surface area contributed by atoms with Crippen molar-refractivity contribution in [3.8, 4) is 11.4 Å². The average molecular weight is 281 g/mol. The van der Waals surface area contributed by atoms with E-state index in [1.54, 1.807) is 35.2 Å². The summed E-state index contributed by atoms with van der Waals surface area (Å²) >= 11 is 3.26. The Morgan fingerprint density at radius 2 is 2.25 bits per heavy atom. The van der Waals surface area contributed by atoms with Crippen molar-refractivity contribution in [3.05, 3.63) is 40.6 Å². The standard InChI is InChI=1S/C11H9BrN2O2/c1-14-5-4-13-10(14)8-3-2-7(12)6-9(8)11(15)16/h2-6H,1H3,(H,15,16). The maximum absolute atomic E-state index is 11.1. The maximum atomic E-state index is 11.1. The zero-order chi connectivity index (χ0) is 11.7. The number of hydrogen-bond acceptors (Lipinski definition) is 2. The van der Waals surface area contributed by atoms with E-state index in [1.165, 1.54) is 0 Å². The summed E-state index contributed by atoms with van der Waals surface area (Å²) in [4.78, 5) is 15.3. The Bertz CT molecular complexity index is 549. The van der Waals surface area contributed by atoms with Gasteiger partial charge in [-0.3, -0.25) is 0 Å². The first-order valence-corrected chi connectivity index (χ1v) is 5.39. The Labute approximate surface area is 101 Å². The number of hydrogen-bond donors (Lipinski definition) is 1. The molecule has 0 aliphatic heterocycles. The minimum atomic E-state index is -0.959. The van der Waals surface area contributed by atoms with Crippen molar-refractivity contribution >= 4 is 21.9 Å². The van der Waals surface area contributed by atoms with Gasteiger partial charge in [-0.15, -0.1) is 0 Å². The molecule has 0 saturated carbocycles. The monoisotopic (exact) mass is 280 g/mol. The summed E-state index contributed by atoms with van der Waals surface area (Å²) in [6.07, 6.45) is 3.42. The van der Waals surface area contributed by atoms with Gasteiger partial charge in [0, 0.05) is 29.5 Å². The second kappa shape index (κ2) is 4.09. The van der Waals surface area contributed by atoms with Crippen LogP contribution in [0.3, 0.4) is 0 Å². The van der Waals surface area contributed by atoms with Crippen LogP contribution in [0.25, 0.3) is 11.4 Å². The molecule has 1 aromatic carbocycles. The van der Waals surface area contributed by atoms with Gasteiger partial charge in [-0.1, -0.05) is 15.9 Å². The Morgan fingerprint density at radius 3 is 2.81 bits per heavy atom. The summed E-state index contributed by atoms with van der Waals surface area (Å²) in [5, 5.41) is 9.12. The van der Waals surface area contributed by atoms with Crippen molar-refractivity contribution < 1.29 is 9.90 Å². The minimum Gasteiger partial charge on any atom is -0.478 e. The molecule has 16 heavy (non-hydrogen) atoms. The number of imidazole rings is 1. The number of halogens is 1. The largest absolute Gasteiger partial charge is 0.478 e. The number of carboxylic acids is 1. The Morgan fingerprint density at radius 1 is 1.50 bits per heavy atom. The molecule has 5 heteroatoms. The molecule has 0 radical (unpaired) electrons. The van der Waals surface area contributed by atoms with E-state index in [2.05, 4.69) is 20.9 Å². The molecule has 0 saturated heterocycles. The highest BCUT2D eigenvalue weighted by molar-refractivity contribution is 9.10. The fourth-order valence-corrected chi connectivity index (χ4v) is 1.87. The minimum absolute atomic E-state index is 0.240. The third kappa shape index (κ3) is 1.86. The van der Waals surface area contributed by atoms with Crippen LogP contribution in [0.5, 0.6) is 0 Å². The first kappa shape index (κ1) is 10.9. The third-order valence-electron chi connectivity index (χ3n) is 2.27. The van der Waals surface area contributed by atoms with Gasteiger partial charge in [0.2, 0.25) is 0 Å². The number of rotatable bonds is 2. The highest BCUT2D eigenvalue weighted by Crippen LogP contribution is 2.25. The zero-order valence-corrected chi connectivity index (χ0v) is 10.1. The van der Waals surface area contributed by atoms with Crippen LogP contribution in [0.15, 0.2) is 35.1 Å². The fraction of sp³-hybridized carbons (Fsp3) is 0.0909. The van der Waals surface area contributed by atoms with Crippen LogP contribution in [0.1, 0.15) is 10.4 Å². The van der Waals surface area contributed by atoms with Crippen molar-refractivity contribution in [1.82, 2.24) is 9.55 Å². The molecule has 0 fully saturated rings. The Hall–Kier alpha value is -1.62. The normalized spacial score (nSPS) is 10.4. The molecular weight excluding hydrogens is 272 g/mol. The first-order valence-electron chi connectivity index (χ1n) is 4.60. The van der Waals surface area contributed by atoms with Gasteiger partial charge in [0.25, 0.3) is 0 Å². The molecule has 0 amide bonds. The molecule has 0 bridgehead atoms. The fourth-order valence-electron chi connectivity index (χ4n) is 1.51. The van der Waals surface area contributed by atoms with Crippen LogP contribution in [0.4, 0.5) is 0 Å². The molecule has 0 atom stereocenters. The number of aromatic carboxylic acids is 1. The topological polar surface area (TPSA) is 55.1 Å². The predicted molar refractivity (Wildman–Crippen MR) is 63.3 cm³/mol. The van der Waals surface area contributed by atoms with E-state index in [0.717, 1.165) is 4.47 Å². The zero-order valence-electron chi connectivity index (χ0n) is 8.51. The SMILES string of the molecule is Cn1ccnc1-c1ccc(Br)cc1C(=O)O. The number of aromatic nitrogens is 2. The Kier molecular flexibility index (Phi) is 2.78. The summed E-state index contributed by atoms with van der Waals surface area (Å²) in [6.45, 7) is 0. The van der Waals surface area contributed by atoms with Crippen LogP contribution >= 0.6 is 15.9 Å². The van der Waals surface area contributed by atoms with Crippen molar-refractivity contribution in [3.63, 3.8) is 0 Å². The van der Waals surface area contributed by atoms with Crippen molar-refractivity contribution in [1.29, 1.82) is 0 Å². The summed E-state index contributed by atoms with van der Waals surface area (Å²) < 4.78 is 2.53. The summed E-state index contributed by atoms with van der Waals surface area (Å²) in [7, 11) is 1.83. The van der Waals surface area contributed by atoms with Gasteiger partial charge in [-0.2, -0.15) is 0 Å². The van der Waals surface area contributed by atoms with E-state index >= 15 is 0 Å². The molecular formula is C11H9BrN2O2. The molecule has 2 rings (SSSR count). The highest BCUT2D eigenvalue weighted by Gasteiger charge is 2.14. The lowest BCUT2D eigenvalue weighted by atomic mass is 10.1. The first-order chi connectivity index (χ1) is 7.59. The van der Waals surface area contributed by atoms with Gasteiger partial charge in [0.15, 0.2) is 0 Å². The van der Waals surface area contributed by atoms with Crippen LogP contribution in [0, 0.1) is 0 Å². The number of carbonyl (C=O) groups is 1. The molecule has 0 aliphatic rings. The smallest absolute Gasteiger partial charge is 0.336 e. The van der Waals surface area contributed by atoms with E-state index in [-0.39, 0.29) is 5.56 Å². The Balaban J connectivity index is 2.65. The van der Waals surface area contributed by atoms with Gasteiger partial charge in [-0.25, -0.2) is 9.78 Å². The molecule has 0 spiro atoms. The van der Waals surface area contributed by atoms with Crippen LogP contribution in [-0.2, 0) is 7.05 Å². The number of nitrogens with zero attached hydrogens (tertiary/aromatic N) is 2. The summed E-state index contributed by atoms with van der Waals surface area (Å²) in [5.41, 5.74) is 0.854. The quantitative estimate of drug-likeness (QED) is 0.920. The van der Waals surface area contributed by atoms with E-state index in [9.17, 15) is 4.79 Å². The van der Waals surface area contributed by atoms with Gasteiger partial charge >= 0.3 is 5.97 Å². The van der Waals surface area contributed by atoms with E-state index in [1.807, 2.05) is 7.05 Å². The third-order valence-corrected chi connectivity index (χ3v) is 2.77. The van der Waals surface area contributed by atoms with E-state index in [4.69, 9.17) is 5.11 Å². The molecule has 1 aromatic heterocycles. The van der Waals surface area contributed by atoms with Gasteiger partial charge < -0.3 is 9.67 Å². The predicted octanol–water partition coefficient (Wildman–Crippen LogP) is 2.55. The molecule has 4 nitrogen and oxygen atoms in total. The van der Waals surface area contributed by atoms with E-state index in [0.29, 0.717) is 11.4 Å². The van der Waals surface area contributed by atoms with Gasteiger partial charge in [0.1, 0.15) is 5.82 Å². The number of aryl methyl sites for hydroxylation is 1. The maximum Gasteiger partial charge on any atom is 0.336 e. The molecule has 0 unspecified atom stereocenters. The van der Waals surface area contributed by atoms with Crippen LogP contribution < -0.4 is 0 Å². The summed E-state index contributed by atoms with van der Waals surface area (Å²) in [5.74, 6) is -0.316. The second-order valence-electron chi connectivity index (χ2n) is 3.36. The van der Waals surface area contributed by atoms with Gasteiger partial charge in [0.05, 0.1) is 5.56 Å². The number of benzene rings is 1. The van der Waals surface area contributed by atoms with Crippen molar-refractivity contribution in [2.75, 3.05) is 0 Å². The van der Waals surface area contributed by atoms with Crippen LogP contribution in [0.2, 0.25) is 0 Å². The van der Waals surface area contributed by atoms with Gasteiger partial charge in [-0.05, 0) is 18.2 Å². The van der Waals surface area contributed by atoms with Crippen molar-refractivity contribution in [2.45, 2.75) is 0 Å². The van der Waals surface area contributed by atoms with Crippen LogP contribution in [-0.4, -0.2) is 20.6 Å². The second-order valence-corrected chi connectivity index (χ2v) is 4.27. The van der Waals surface area contributed by atoms with E-state index < -0.39 is 5.97 Å². The molecule has 82 valence electrons. The molecule has 1 heterocycles. The lowest BCUT2D eigenvalue weighted by molar-refractivity contribution is 0.0697. The van der Waals surface area contributed by atoms with Crippen molar-refractivity contribution in [2.24, 2.45) is 7.05 Å². The lowest BCUT2D eigenvalue weighted by Crippen LogP contribution is -2.02. The molecule has 0 aliphatic carbocycles. The lowest BCUT2D eigenvalue weighted by Gasteiger charge is -2.06.